The van der Waals surface area contributed by atoms with Crippen molar-refractivity contribution in [3.63, 3.8) is 0 Å². The van der Waals surface area contributed by atoms with Crippen LogP contribution in [-0.4, -0.2) is 57.9 Å². The minimum absolute atomic E-state index is 0. The first-order valence-electron chi connectivity index (χ1n) is 0.816. The molecular weight excluding hydrogens is 285 g/mol. The maximum Gasteiger partial charge on any atom is 2.00 e. The van der Waals surface area contributed by atoms with Crippen molar-refractivity contribution in [1.82, 2.24) is 0 Å². The molecular formula is BaFeO4Si. The van der Waals surface area contributed by atoms with E-state index in [9.17, 15) is 0 Å². The van der Waals surface area contributed by atoms with Crippen LogP contribution >= 0.6 is 0 Å². The summed E-state index contributed by atoms with van der Waals surface area (Å²) in [6.45, 7) is 0. The molecule has 0 spiro atoms. The molecule has 0 aromatic carbocycles. The Labute approximate surface area is 92.6 Å². The smallest absolute Gasteiger partial charge is 0.894 e. The van der Waals surface area contributed by atoms with Crippen molar-refractivity contribution < 1.29 is 36.3 Å². The fourth-order valence-corrected chi connectivity index (χ4v) is 0. The van der Waals surface area contributed by atoms with Gasteiger partial charge in [-0.05, 0) is 0 Å². The van der Waals surface area contributed by atoms with Crippen LogP contribution in [0.25, 0.3) is 0 Å². The zero-order valence-corrected chi connectivity index (χ0v) is 9.74. The van der Waals surface area contributed by atoms with E-state index in [1.807, 2.05) is 0 Å². The molecule has 0 amide bonds. The molecule has 0 aliphatic heterocycles. The molecule has 0 rings (SSSR count). The molecule has 0 aliphatic carbocycles. The van der Waals surface area contributed by atoms with Gasteiger partial charge < -0.3 is 28.2 Å². The molecule has 0 radical (unpaired) electrons. The second-order valence-electron chi connectivity index (χ2n) is 0.500. The molecule has 0 saturated carbocycles. The molecule has 4 nitrogen and oxygen atoms in total. The van der Waals surface area contributed by atoms with Crippen molar-refractivity contribution in [1.29, 1.82) is 0 Å². The average Bonchev–Trinajstić information content (AvgIpc) is 0.722. The minimum atomic E-state index is -5.61. The van der Waals surface area contributed by atoms with Crippen LogP contribution in [0.15, 0.2) is 0 Å². The van der Waals surface area contributed by atoms with E-state index < -0.39 is 9.05 Å². The van der Waals surface area contributed by atoms with E-state index >= 15 is 0 Å². The predicted molar refractivity (Wildman–Crippen MR) is 11.5 cm³/mol. The standard InChI is InChI=1S/Ba.Fe.O4Si/c;;1-5(2,3)4/q2*+2;-4. The molecule has 0 heterocycles. The van der Waals surface area contributed by atoms with Crippen molar-refractivity contribution in [3.05, 3.63) is 0 Å². The van der Waals surface area contributed by atoms with Gasteiger partial charge in [-0.15, -0.1) is 0 Å². The van der Waals surface area contributed by atoms with E-state index in [1.54, 1.807) is 0 Å². The van der Waals surface area contributed by atoms with Gasteiger partial charge in [0.05, 0.1) is 0 Å². The van der Waals surface area contributed by atoms with Crippen molar-refractivity contribution >= 4 is 57.9 Å². The third-order valence-corrected chi connectivity index (χ3v) is 0. The molecule has 0 unspecified atom stereocenters. The third kappa shape index (κ3) is 66.8. The minimum Gasteiger partial charge on any atom is -0.894 e. The Hall–Kier alpha value is 2.15. The summed E-state index contributed by atoms with van der Waals surface area (Å²) in [6, 6.07) is 0. The zero-order chi connectivity index (χ0) is 4.50. The first kappa shape index (κ1) is 16.1. The summed E-state index contributed by atoms with van der Waals surface area (Å²) in [4.78, 5) is 34.3. The summed E-state index contributed by atoms with van der Waals surface area (Å²) in [5.41, 5.74) is 0. The molecule has 7 heavy (non-hydrogen) atoms. The second kappa shape index (κ2) is 6.27. The van der Waals surface area contributed by atoms with E-state index in [0.29, 0.717) is 0 Å². The van der Waals surface area contributed by atoms with E-state index in [2.05, 4.69) is 0 Å². The Morgan fingerprint density at radius 3 is 0.857 bits per heavy atom. The van der Waals surface area contributed by atoms with Crippen LogP contribution < -0.4 is 19.2 Å². The van der Waals surface area contributed by atoms with Crippen LogP contribution in [0, 0.1) is 0 Å². The van der Waals surface area contributed by atoms with Crippen LogP contribution in [0.4, 0.5) is 0 Å². The van der Waals surface area contributed by atoms with Gasteiger partial charge in [-0.2, -0.15) is 0 Å². The summed E-state index contributed by atoms with van der Waals surface area (Å²) < 4.78 is 0. The van der Waals surface area contributed by atoms with Crippen LogP contribution in [0.5, 0.6) is 0 Å². The van der Waals surface area contributed by atoms with Crippen molar-refractivity contribution in [2.24, 2.45) is 0 Å². The normalized spacial score (nSPS) is 8.57. The molecule has 0 aromatic heterocycles. The maximum absolute atomic E-state index is 8.58. The Kier molecular flexibility index (Phi) is 14.4. The van der Waals surface area contributed by atoms with Gasteiger partial charge in [-0.25, -0.2) is 0 Å². The number of rotatable bonds is 0. The van der Waals surface area contributed by atoms with E-state index in [4.69, 9.17) is 19.2 Å². The van der Waals surface area contributed by atoms with Gasteiger partial charge in [-0.1, -0.05) is 0 Å². The Balaban J connectivity index is -0.0000000800. The largest absolute Gasteiger partial charge is 2.00 e. The summed E-state index contributed by atoms with van der Waals surface area (Å²) in [7, 11) is -5.61. The Morgan fingerprint density at radius 2 is 0.857 bits per heavy atom. The quantitative estimate of drug-likeness (QED) is 0.415. The predicted octanol–water partition coefficient (Wildman–Crippen LogP) is -5.52. The summed E-state index contributed by atoms with van der Waals surface area (Å²) in [6.07, 6.45) is 0. The summed E-state index contributed by atoms with van der Waals surface area (Å²) in [5, 5.41) is 0. The van der Waals surface area contributed by atoms with Crippen molar-refractivity contribution in [2.75, 3.05) is 0 Å². The van der Waals surface area contributed by atoms with Gasteiger partial charge in [0.25, 0.3) is 0 Å². The average molecular weight is 285 g/mol. The molecule has 0 saturated heterocycles. The molecule has 0 aliphatic rings. The van der Waals surface area contributed by atoms with Gasteiger partial charge in [0, 0.05) is 0 Å². The van der Waals surface area contributed by atoms with Gasteiger partial charge in [-0.3, -0.25) is 0 Å². The van der Waals surface area contributed by atoms with Gasteiger partial charge >= 0.3 is 65.9 Å². The van der Waals surface area contributed by atoms with Gasteiger partial charge in [0.2, 0.25) is 0 Å². The van der Waals surface area contributed by atoms with E-state index in [0.717, 1.165) is 0 Å². The second-order valence-corrected chi connectivity index (χ2v) is 1.50. The number of hydrogen-bond acceptors (Lipinski definition) is 4. The first-order valence-corrected chi connectivity index (χ1v) is 2.45. The van der Waals surface area contributed by atoms with Crippen LogP contribution in [0.1, 0.15) is 0 Å². The fourth-order valence-electron chi connectivity index (χ4n) is 0. The first-order chi connectivity index (χ1) is 2.00. The Morgan fingerprint density at radius 1 is 0.857 bits per heavy atom. The Bertz CT molecular complexity index is 27.2. The summed E-state index contributed by atoms with van der Waals surface area (Å²) in [5.74, 6) is 0. The van der Waals surface area contributed by atoms with Crippen LogP contribution in [0.3, 0.4) is 0 Å². The summed E-state index contributed by atoms with van der Waals surface area (Å²) >= 11 is 0. The van der Waals surface area contributed by atoms with Crippen molar-refractivity contribution in [3.8, 4) is 0 Å². The fraction of sp³-hybridized carbons (Fsp3) is 0. The molecule has 0 atom stereocenters. The van der Waals surface area contributed by atoms with Gasteiger partial charge in [0.15, 0.2) is 0 Å². The topological polar surface area (TPSA) is 92.2 Å². The van der Waals surface area contributed by atoms with Crippen molar-refractivity contribution in [2.45, 2.75) is 0 Å². The van der Waals surface area contributed by atoms with E-state index in [1.165, 1.54) is 0 Å². The molecule has 0 N–H and O–H groups in total. The number of hydrogen-bond donors (Lipinski definition) is 0. The molecule has 0 bridgehead atoms. The monoisotopic (exact) mass is 286 g/mol. The molecule has 0 aromatic rings. The van der Waals surface area contributed by atoms with Gasteiger partial charge in [0.1, 0.15) is 0 Å². The molecule has 38 valence electrons. The molecule has 0 fully saturated rings. The molecule has 7 heteroatoms. The van der Waals surface area contributed by atoms with Crippen LogP contribution in [-0.2, 0) is 17.1 Å². The van der Waals surface area contributed by atoms with E-state index in [-0.39, 0.29) is 65.9 Å². The SMILES string of the molecule is [Ba+2].[Fe+2].[O-][Si]([O-])([O-])[O-]. The maximum atomic E-state index is 8.58. The van der Waals surface area contributed by atoms with Crippen LogP contribution in [0.2, 0.25) is 0 Å². The zero-order valence-electron chi connectivity index (χ0n) is 3.19. The third-order valence-electron chi connectivity index (χ3n) is 0.